The molecule has 0 aromatic heterocycles. The number of sulfonamides is 1. The van der Waals surface area contributed by atoms with Crippen molar-refractivity contribution in [2.45, 2.75) is 6.42 Å². The van der Waals surface area contributed by atoms with E-state index >= 15 is 0 Å². The minimum atomic E-state index is -3.38. The SMILES string of the molecule is CN(C)C(=O)c1ccc(NS(=O)(=O)CCCCl)cc1. The van der Waals surface area contributed by atoms with Crippen molar-refractivity contribution >= 4 is 33.2 Å². The molecule has 0 saturated carbocycles. The Morgan fingerprint density at radius 3 is 2.32 bits per heavy atom. The fourth-order valence-electron chi connectivity index (χ4n) is 1.41. The van der Waals surface area contributed by atoms with Crippen LogP contribution in [0.5, 0.6) is 0 Å². The second-order valence-corrected chi connectivity index (χ2v) is 6.46. The molecule has 0 fully saturated rings. The molecule has 1 aromatic carbocycles. The van der Waals surface area contributed by atoms with Crippen LogP contribution in [0.25, 0.3) is 0 Å². The molecule has 5 nitrogen and oxygen atoms in total. The Balaban J connectivity index is 2.75. The maximum absolute atomic E-state index is 11.7. The second kappa shape index (κ2) is 6.77. The van der Waals surface area contributed by atoms with Gasteiger partial charge in [-0.1, -0.05) is 0 Å². The Bertz CT molecular complexity index is 526. The van der Waals surface area contributed by atoms with E-state index in [9.17, 15) is 13.2 Å². The fraction of sp³-hybridized carbons (Fsp3) is 0.417. The fourth-order valence-corrected chi connectivity index (χ4v) is 2.83. The van der Waals surface area contributed by atoms with Crippen LogP contribution in [0.15, 0.2) is 24.3 Å². The van der Waals surface area contributed by atoms with Crippen LogP contribution in [0, 0.1) is 0 Å². The van der Waals surface area contributed by atoms with Crippen molar-refractivity contribution in [3.8, 4) is 0 Å². The van der Waals surface area contributed by atoms with E-state index in [0.29, 0.717) is 23.6 Å². The lowest BCUT2D eigenvalue weighted by Gasteiger charge is -2.11. The predicted molar refractivity (Wildman–Crippen MR) is 77.2 cm³/mol. The summed E-state index contributed by atoms with van der Waals surface area (Å²) in [5, 5.41) is 0. The molecule has 0 aliphatic heterocycles. The minimum absolute atomic E-state index is 0.0190. The van der Waals surface area contributed by atoms with Crippen LogP contribution in [0.4, 0.5) is 5.69 Å². The summed E-state index contributed by atoms with van der Waals surface area (Å²) < 4.78 is 25.7. The Morgan fingerprint density at radius 1 is 1.26 bits per heavy atom. The van der Waals surface area contributed by atoms with Crippen molar-refractivity contribution in [1.29, 1.82) is 0 Å². The van der Waals surface area contributed by atoms with Gasteiger partial charge in [0.15, 0.2) is 0 Å². The highest BCUT2D eigenvalue weighted by molar-refractivity contribution is 7.92. The monoisotopic (exact) mass is 304 g/mol. The lowest BCUT2D eigenvalue weighted by molar-refractivity contribution is 0.0827. The zero-order valence-electron chi connectivity index (χ0n) is 10.9. The van der Waals surface area contributed by atoms with Crippen molar-refractivity contribution in [3.63, 3.8) is 0 Å². The number of benzene rings is 1. The average Bonchev–Trinajstić information content (AvgIpc) is 2.36. The van der Waals surface area contributed by atoms with Crippen molar-refractivity contribution in [1.82, 2.24) is 4.90 Å². The Morgan fingerprint density at radius 2 is 1.84 bits per heavy atom. The highest BCUT2D eigenvalue weighted by Crippen LogP contribution is 2.13. The molecule has 0 spiro atoms. The third-order valence-corrected chi connectivity index (χ3v) is 4.00. The summed E-state index contributed by atoms with van der Waals surface area (Å²) in [6, 6.07) is 6.30. The van der Waals surface area contributed by atoms with Gasteiger partial charge in [0.05, 0.1) is 5.75 Å². The highest BCUT2D eigenvalue weighted by atomic mass is 35.5. The topological polar surface area (TPSA) is 66.5 Å². The largest absolute Gasteiger partial charge is 0.345 e. The average molecular weight is 305 g/mol. The van der Waals surface area contributed by atoms with Gasteiger partial charge < -0.3 is 4.90 Å². The lowest BCUT2D eigenvalue weighted by Crippen LogP contribution is -2.21. The molecule has 7 heteroatoms. The molecule has 0 unspecified atom stereocenters. The summed E-state index contributed by atoms with van der Waals surface area (Å²) in [5.74, 6) is 0.156. The molecule has 0 radical (unpaired) electrons. The van der Waals surface area contributed by atoms with Crippen LogP contribution in [0.2, 0.25) is 0 Å². The van der Waals surface area contributed by atoms with Crippen molar-refractivity contribution in [2.24, 2.45) is 0 Å². The normalized spacial score (nSPS) is 11.1. The Hall–Kier alpha value is -1.27. The van der Waals surface area contributed by atoms with Gasteiger partial charge in [0.25, 0.3) is 5.91 Å². The van der Waals surface area contributed by atoms with Crippen LogP contribution in [-0.2, 0) is 10.0 Å². The van der Waals surface area contributed by atoms with Crippen LogP contribution >= 0.6 is 11.6 Å². The summed E-state index contributed by atoms with van der Waals surface area (Å²) in [4.78, 5) is 13.1. The first-order valence-electron chi connectivity index (χ1n) is 5.74. The van der Waals surface area contributed by atoms with Gasteiger partial charge in [-0.15, -0.1) is 11.6 Å². The Labute approximate surface area is 118 Å². The maximum Gasteiger partial charge on any atom is 0.253 e. The number of carbonyl (C=O) groups is 1. The van der Waals surface area contributed by atoms with Gasteiger partial charge >= 0.3 is 0 Å². The maximum atomic E-state index is 11.7. The number of anilines is 1. The lowest BCUT2D eigenvalue weighted by atomic mass is 10.2. The number of hydrogen-bond donors (Lipinski definition) is 1. The predicted octanol–water partition coefficient (Wildman–Crippen LogP) is 1.76. The van der Waals surface area contributed by atoms with E-state index < -0.39 is 10.0 Å². The molecule has 0 bridgehead atoms. The molecule has 0 atom stereocenters. The Kier molecular flexibility index (Phi) is 5.62. The summed E-state index contributed by atoms with van der Waals surface area (Å²) in [5.41, 5.74) is 0.943. The van der Waals surface area contributed by atoms with Crippen LogP contribution < -0.4 is 4.72 Å². The minimum Gasteiger partial charge on any atom is -0.345 e. The standard InChI is InChI=1S/C12H17ClN2O3S/c1-15(2)12(16)10-4-6-11(7-5-10)14-19(17,18)9-3-8-13/h4-7,14H,3,8-9H2,1-2H3. The molecule has 1 amide bonds. The molecule has 0 heterocycles. The van der Waals surface area contributed by atoms with Crippen molar-refractivity contribution < 1.29 is 13.2 Å². The van der Waals surface area contributed by atoms with Crippen LogP contribution in [0.3, 0.4) is 0 Å². The number of amides is 1. The van der Waals surface area contributed by atoms with Gasteiger partial charge in [0, 0.05) is 31.2 Å². The first-order chi connectivity index (χ1) is 8.85. The number of alkyl halides is 1. The third-order valence-electron chi connectivity index (χ3n) is 2.36. The van der Waals surface area contributed by atoms with Gasteiger partial charge in [-0.25, -0.2) is 8.42 Å². The number of carbonyl (C=O) groups excluding carboxylic acids is 1. The van der Waals surface area contributed by atoms with E-state index in [0.717, 1.165) is 0 Å². The van der Waals surface area contributed by atoms with E-state index in [-0.39, 0.29) is 11.7 Å². The number of hydrogen-bond acceptors (Lipinski definition) is 3. The molecule has 1 rings (SSSR count). The van der Waals surface area contributed by atoms with Gasteiger partial charge in [0.2, 0.25) is 10.0 Å². The van der Waals surface area contributed by atoms with Gasteiger partial charge in [-0.05, 0) is 30.7 Å². The van der Waals surface area contributed by atoms with E-state index in [1.165, 1.54) is 4.90 Å². The van der Waals surface area contributed by atoms with Gasteiger partial charge in [0.1, 0.15) is 0 Å². The first-order valence-corrected chi connectivity index (χ1v) is 7.92. The van der Waals surface area contributed by atoms with Gasteiger partial charge in [-0.3, -0.25) is 9.52 Å². The molecule has 0 saturated heterocycles. The number of nitrogens with one attached hydrogen (secondary N) is 1. The number of halogens is 1. The molecule has 0 aliphatic rings. The third kappa shape index (κ3) is 5.08. The zero-order valence-corrected chi connectivity index (χ0v) is 12.5. The van der Waals surface area contributed by atoms with Crippen molar-refractivity contribution in [2.75, 3.05) is 30.5 Å². The molecular weight excluding hydrogens is 288 g/mol. The molecule has 1 N–H and O–H groups in total. The van der Waals surface area contributed by atoms with Crippen LogP contribution in [-0.4, -0.2) is 45.0 Å². The van der Waals surface area contributed by atoms with E-state index in [2.05, 4.69) is 4.72 Å². The quantitative estimate of drug-likeness (QED) is 0.814. The first kappa shape index (κ1) is 15.8. The zero-order chi connectivity index (χ0) is 14.5. The number of rotatable bonds is 6. The summed E-state index contributed by atoms with van der Waals surface area (Å²) in [6.45, 7) is 0. The smallest absolute Gasteiger partial charge is 0.253 e. The molecule has 106 valence electrons. The van der Waals surface area contributed by atoms with E-state index in [1.54, 1.807) is 38.4 Å². The van der Waals surface area contributed by atoms with Crippen LogP contribution in [0.1, 0.15) is 16.8 Å². The van der Waals surface area contributed by atoms with Gasteiger partial charge in [-0.2, -0.15) is 0 Å². The molecular formula is C12H17ClN2O3S. The van der Waals surface area contributed by atoms with E-state index in [1.807, 2.05) is 0 Å². The summed E-state index contributed by atoms with van der Waals surface area (Å²) in [6.07, 6.45) is 0.397. The van der Waals surface area contributed by atoms with Crippen molar-refractivity contribution in [3.05, 3.63) is 29.8 Å². The number of nitrogens with zero attached hydrogens (tertiary/aromatic N) is 1. The highest BCUT2D eigenvalue weighted by Gasteiger charge is 2.11. The summed E-state index contributed by atoms with van der Waals surface area (Å²) >= 11 is 5.46. The van der Waals surface area contributed by atoms with E-state index in [4.69, 9.17) is 11.6 Å². The molecule has 19 heavy (non-hydrogen) atoms. The second-order valence-electron chi connectivity index (χ2n) is 4.24. The molecule has 1 aromatic rings. The molecule has 0 aliphatic carbocycles. The summed E-state index contributed by atoms with van der Waals surface area (Å²) in [7, 11) is -0.0603.